The Morgan fingerprint density at radius 3 is 1.85 bits per heavy atom. The number of ether oxygens (including phenoxy) is 2. The smallest absolute Gasteiger partial charge is 0.182 e. The van der Waals surface area contributed by atoms with Crippen LogP contribution in [0, 0.1) is 11.6 Å². The zero-order valence-electron chi connectivity index (χ0n) is 14.8. The van der Waals surface area contributed by atoms with Crippen molar-refractivity contribution in [3.8, 4) is 11.5 Å². The molecule has 2 aromatic rings. The first-order valence-electron chi connectivity index (χ1n) is 7.92. The normalized spacial score (nSPS) is 11.9. The van der Waals surface area contributed by atoms with E-state index in [9.17, 15) is 18.7 Å². The van der Waals surface area contributed by atoms with Crippen LogP contribution in [0.5, 0.6) is 11.5 Å². The van der Waals surface area contributed by atoms with Gasteiger partial charge in [-0.2, -0.15) is 0 Å². The average Bonchev–Trinajstić information content (AvgIpc) is 2.64. The van der Waals surface area contributed by atoms with Crippen LogP contribution in [-0.4, -0.2) is 25.1 Å². The Labute approximate surface area is 155 Å². The molecule has 0 saturated heterocycles. The maximum Gasteiger partial charge on any atom is 0.182 e. The molecule has 2 aromatic carbocycles. The average molecular weight is 372 g/mol. The van der Waals surface area contributed by atoms with Crippen LogP contribution < -0.4 is 9.47 Å². The third kappa shape index (κ3) is 5.28. The van der Waals surface area contributed by atoms with Crippen LogP contribution in [0.2, 0.25) is 0 Å². The zero-order chi connectivity index (χ0) is 19.8. The van der Waals surface area contributed by atoms with Crippen molar-refractivity contribution in [2.45, 2.75) is 0 Å². The van der Waals surface area contributed by atoms with Crippen molar-refractivity contribution in [2.75, 3.05) is 14.2 Å². The van der Waals surface area contributed by atoms with Gasteiger partial charge in [-0.15, -0.1) is 0 Å². The van der Waals surface area contributed by atoms with Gasteiger partial charge in [-0.3, -0.25) is 4.79 Å². The first-order chi connectivity index (χ1) is 13.0. The quantitative estimate of drug-likeness (QED) is 0.434. The van der Waals surface area contributed by atoms with E-state index in [0.29, 0.717) is 11.1 Å². The molecule has 140 valence electrons. The summed E-state index contributed by atoms with van der Waals surface area (Å²) in [5.74, 6) is -1.88. The topological polar surface area (TPSA) is 55.8 Å². The van der Waals surface area contributed by atoms with Crippen molar-refractivity contribution in [3.05, 3.63) is 83.1 Å². The summed E-state index contributed by atoms with van der Waals surface area (Å²) in [6.45, 7) is 0. The lowest BCUT2D eigenvalue weighted by Gasteiger charge is -2.05. The van der Waals surface area contributed by atoms with Gasteiger partial charge in [0.25, 0.3) is 0 Å². The van der Waals surface area contributed by atoms with Crippen LogP contribution in [0.3, 0.4) is 0 Å². The molecule has 0 saturated carbocycles. The summed E-state index contributed by atoms with van der Waals surface area (Å²) >= 11 is 0. The summed E-state index contributed by atoms with van der Waals surface area (Å²) in [5, 5.41) is 9.86. The van der Waals surface area contributed by atoms with Crippen molar-refractivity contribution >= 4 is 17.9 Å². The molecule has 0 spiro atoms. The number of carbonyl (C=O) groups is 1. The number of hydrogen-bond donors (Lipinski definition) is 1. The number of allylic oxidation sites excluding steroid dienone is 3. The number of benzene rings is 2. The molecule has 0 radical (unpaired) electrons. The molecule has 0 aromatic heterocycles. The molecule has 2 rings (SSSR count). The summed E-state index contributed by atoms with van der Waals surface area (Å²) in [4.78, 5) is 11.9. The van der Waals surface area contributed by atoms with E-state index in [-0.39, 0.29) is 17.3 Å². The fourth-order valence-corrected chi connectivity index (χ4v) is 2.33. The molecule has 0 heterocycles. The molecule has 0 atom stereocenters. The van der Waals surface area contributed by atoms with Crippen LogP contribution in [0.25, 0.3) is 12.2 Å². The minimum Gasteiger partial charge on any atom is -0.508 e. The van der Waals surface area contributed by atoms with E-state index in [1.54, 1.807) is 12.1 Å². The van der Waals surface area contributed by atoms with Crippen LogP contribution in [0.4, 0.5) is 8.78 Å². The number of para-hydroxylation sites is 2. The van der Waals surface area contributed by atoms with Gasteiger partial charge in [0.05, 0.1) is 14.2 Å². The van der Waals surface area contributed by atoms with Crippen LogP contribution in [-0.2, 0) is 4.79 Å². The van der Waals surface area contributed by atoms with Gasteiger partial charge >= 0.3 is 0 Å². The van der Waals surface area contributed by atoms with Gasteiger partial charge in [0.1, 0.15) is 5.76 Å². The summed E-state index contributed by atoms with van der Waals surface area (Å²) in [5.41, 5.74) is 0.795. The highest BCUT2D eigenvalue weighted by atomic mass is 19.1. The molecule has 0 fully saturated rings. The van der Waals surface area contributed by atoms with Crippen LogP contribution in [0.1, 0.15) is 11.1 Å². The molecule has 4 nitrogen and oxygen atoms in total. The van der Waals surface area contributed by atoms with E-state index in [1.165, 1.54) is 62.8 Å². The second-order valence-electron chi connectivity index (χ2n) is 5.36. The molecule has 6 heteroatoms. The maximum atomic E-state index is 13.6. The Morgan fingerprint density at radius 2 is 1.37 bits per heavy atom. The highest BCUT2D eigenvalue weighted by Crippen LogP contribution is 2.24. The molecular weight excluding hydrogens is 354 g/mol. The Balaban J connectivity index is 2.13. The second kappa shape index (κ2) is 9.33. The van der Waals surface area contributed by atoms with Crippen molar-refractivity contribution in [1.29, 1.82) is 0 Å². The van der Waals surface area contributed by atoms with E-state index >= 15 is 0 Å². The van der Waals surface area contributed by atoms with Crippen molar-refractivity contribution in [3.63, 3.8) is 0 Å². The van der Waals surface area contributed by atoms with Gasteiger partial charge in [0.2, 0.25) is 0 Å². The number of halogens is 2. The molecule has 0 bridgehead atoms. The SMILES string of the molecule is COc1c(F)cccc1/C=C/C(=O)/C=C(O)/C=C/c1cccc(F)c1OC. The number of carbonyl (C=O) groups excluding carboxylic acids is 1. The third-order valence-corrected chi connectivity index (χ3v) is 3.55. The number of hydrogen-bond acceptors (Lipinski definition) is 4. The Hall–Kier alpha value is -3.41. The van der Waals surface area contributed by atoms with Gasteiger partial charge in [-0.25, -0.2) is 8.78 Å². The maximum absolute atomic E-state index is 13.6. The number of ketones is 1. The van der Waals surface area contributed by atoms with Crippen LogP contribution >= 0.6 is 0 Å². The zero-order valence-corrected chi connectivity index (χ0v) is 14.8. The van der Waals surface area contributed by atoms with Gasteiger partial charge in [-0.1, -0.05) is 24.3 Å². The summed E-state index contributed by atoms with van der Waals surface area (Å²) in [7, 11) is 2.66. The highest BCUT2D eigenvalue weighted by molar-refractivity contribution is 6.02. The number of aliphatic hydroxyl groups is 1. The van der Waals surface area contributed by atoms with E-state index in [2.05, 4.69) is 0 Å². The van der Waals surface area contributed by atoms with Crippen molar-refractivity contribution < 1.29 is 28.2 Å². The first-order valence-corrected chi connectivity index (χ1v) is 7.92. The Bertz CT molecular complexity index is 914. The fraction of sp³-hybridized carbons (Fsp3) is 0.0952. The van der Waals surface area contributed by atoms with E-state index in [1.807, 2.05) is 0 Å². The molecule has 0 aliphatic carbocycles. The van der Waals surface area contributed by atoms with Crippen LogP contribution in [0.15, 0.2) is 60.4 Å². The third-order valence-electron chi connectivity index (χ3n) is 3.55. The molecule has 0 unspecified atom stereocenters. The minimum atomic E-state index is -0.544. The minimum absolute atomic E-state index is 0.0212. The number of aliphatic hydroxyl groups excluding tert-OH is 1. The highest BCUT2D eigenvalue weighted by Gasteiger charge is 2.07. The number of methoxy groups -OCH3 is 2. The van der Waals surface area contributed by atoms with Gasteiger partial charge in [0, 0.05) is 17.2 Å². The Kier molecular flexibility index (Phi) is 6.88. The van der Waals surface area contributed by atoms with Gasteiger partial charge < -0.3 is 14.6 Å². The summed E-state index contributed by atoms with van der Waals surface area (Å²) < 4.78 is 37.1. The van der Waals surface area contributed by atoms with Crippen molar-refractivity contribution in [1.82, 2.24) is 0 Å². The molecule has 0 amide bonds. The largest absolute Gasteiger partial charge is 0.508 e. The lowest BCUT2D eigenvalue weighted by Crippen LogP contribution is -1.93. The predicted molar refractivity (Wildman–Crippen MR) is 99.7 cm³/mol. The molecule has 1 N–H and O–H groups in total. The molecule has 0 aliphatic rings. The molecular formula is C21H18F2O4. The van der Waals surface area contributed by atoms with Crippen molar-refractivity contribution in [2.24, 2.45) is 0 Å². The molecule has 27 heavy (non-hydrogen) atoms. The lowest BCUT2D eigenvalue weighted by molar-refractivity contribution is -0.110. The predicted octanol–water partition coefficient (Wildman–Crippen LogP) is 4.72. The van der Waals surface area contributed by atoms with E-state index in [0.717, 1.165) is 6.08 Å². The summed E-state index contributed by atoms with van der Waals surface area (Å²) in [6, 6.07) is 8.67. The standard InChI is InChI=1S/C21H18F2O4/c1-26-20-14(5-3-7-18(20)22)9-11-16(24)13-17(25)12-10-15-6-4-8-19(23)21(15)27-2/h3-13,24H,1-2H3/b11-9+,12-10+,16-13-. The lowest BCUT2D eigenvalue weighted by atomic mass is 10.1. The first kappa shape index (κ1) is 19.9. The van der Waals surface area contributed by atoms with E-state index < -0.39 is 17.4 Å². The molecule has 0 aliphatic heterocycles. The summed E-state index contributed by atoms with van der Waals surface area (Å²) in [6.07, 6.45) is 6.19. The van der Waals surface area contributed by atoms with Gasteiger partial charge in [-0.05, 0) is 36.4 Å². The fourth-order valence-electron chi connectivity index (χ4n) is 2.33. The second-order valence-corrected chi connectivity index (χ2v) is 5.36. The monoisotopic (exact) mass is 372 g/mol. The van der Waals surface area contributed by atoms with Gasteiger partial charge in [0.15, 0.2) is 28.9 Å². The number of rotatable bonds is 7. The van der Waals surface area contributed by atoms with E-state index in [4.69, 9.17) is 9.47 Å². The Morgan fingerprint density at radius 1 is 0.889 bits per heavy atom.